The number of nitrogens with two attached hydrogens (primary N) is 1. The summed E-state index contributed by atoms with van der Waals surface area (Å²) >= 11 is 0. The highest BCUT2D eigenvalue weighted by Gasteiger charge is 2.12. The summed E-state index contributed by atoms with van der Waals surface area (Å²) in [6.07, 6.45) is 3.54. The minimum atomic E-state index is 0. The number of methoxy groups -OCH3 is 1. The smallest absolute Gasteiger partial charge is 0.133 e. The second kappa shape index (κ2) is 9.88. The number of oxime groups is 1. The van der Waals surface area contributed by atoms with E-state index < -0.39 is 0 Å². The molecule has 0 atom stereocenters. The van der Waals surface area contributed by atoms with E-state index in [1.807, 2.05) is 36.4 Å². The fourth-order valence-corrected chi connectivity index (χ4v) is 2.27. The molecule has 1 aromatic carbocycles. The highest BCUT2D eigenvalue weighted by Crippen LogP contribution is 2.19. The number of rotatable bonds is 6. The van der Waals surface area contributed by atoms with Crippen molar-refractivity contribution in [3.63, 3.8) is 0 Å². The summed E-state index contributed by atoms with van der Waals surface area (Å²) in [6, 6.07) is 11.6. The van der Waals surface area contributed by atoms with E-state index >= 15 is 0 Å². The maximum Gasteiger partial charge on any atom is 0.133 e. The molecule has 0 fully saturated rings. The maximum atomic E-state index is 5.46. The van der Waals surface area contributed by atoms with Crippen molar-refractivity contribution in [3.8, 4) is 5.75 Å². The summed E-state index contributed by atoms with van der Waals surface area (Å²) in [7, 11) is 1.64. The second-order valence-corrected chi connectivity index (χ2v) is 4.94. The highest BCUT2D eigenvalue weighted by atomic mass is 35.5. The van der Waals surface area contributed by atoms with Gasteiger partial charge in [0.05, 0.1) is 24.5 Å². The zero-order chi connectivity index (χ0) is 16.1. The van der Waals surface area contributed by atoms with Crippen LogP contribution >= 0.6 is 24.8 Å². The van der Waals surface area contributed by atoms with Crippen LogP contribution in [0.4, 0.5) is 0 Å². The van der Waals surface area contributed by atoms with Gasteiger partial charge >= 0.3 is 0 Å². The maximum absolute atomic E-state index is 5.46. The number of benzene rings is 1. The van der Waals surface area contributed by atoms with Gasteiger partial charge < -0.3 is 20.3 Å². The molecule has 0 spiro atoms. The Labute approximate surface area is 158 Å². The Morgan fingerprint density at radius 1 is 1.20 bits per heavy atom. The van der Waals surface area contributed by atoms with Crippen LogP contribution in [0.25, 0.3) is 10.9 Å². The topological polar surface area (TPSA) is 85.5 Å². The van der Waals surface area contributed by atoms with E-state index in [1.165, 1.54) is 0 Å². The number of aromatic amines is 1. The standard InChI is InChI=1S/C17H18N4O2.2ClH/c1-22-14-4-2-12(3-5-14)17(21-23-9-7-18)15-10-13-6-8-19-11-16(13)20-15;;/h2-6,8,10-11,20H,7,9,18H2,1H3;2*1H/b21-17-;;. The largest absolute Gasteiger partial charge is 0.497 e. The number of aromatic nitrogens is 2. The molecule has 0 aliphatic heterocycles. The molecule has 2 heterocycles. The first-order chi connectivity index (χ1) is 11.3. The summed E-state index contributed by atoms with van der Waals surface area (Å²) in [5.74, 6) is 0.789. The van der Waals surface area contributed by atoms with E-state index in [-0.39, 0.29) is 24.8 Å². The number of ether oxygens (including phenoxy) is 1. The van der Waals surface area contributed by atoms with Crippen molar-refractivity contribution in [2.24, 2.45) is 10.9 Å². The minimum absolute atomic E-state index is 0. The Kier molecular flexibility index (Phi) is 8.21. The molecule has 25 heavy (non-hydrogen) atoms. The van der Waals surface area contributed by atoms with Crippen LogP contribution in [0.2, 0.25) is 0 Å². The predicted molar refractivity (Wildman–Crippen MR) is 104 cm³/mol. The summed E-state index contributed by atoms with van der Waals surface area (Å²) in [5.41, 5.74) is 8.89. The lowest BCUT2D eigenvalue weighted by atomic mass is 10.1. The molecule has 0 bridgehead atoms. The van der Waals surface area contributed by atoms with Crippen LogP contribution in [0.3, 0.4) is 0 Å². The normalized spacial score (nSPS) is 10.7. The summed E-state index contributed by atoms with van der Waals surface area (Å²) in [5, 5.41) is 5.31. The monoisotopic (exact) mass is 382 g/mol. The molecule has 8 heteroatoms. The number of halogens is 2. The molecule has 2 aromatic heterocycles. The van der Waals surface area contributed by atoms with Crippen LogP contribution in [-0.4, -0.2) is 35.9 Å². The van der Waals surface area contributed by atoms with E-state index in [9.17, 15) is 0 Å². The first-order valence-electron chi connectivity index (χ1n) is 7.29. The third kappa shape index (κ3) is 4.85. The van der Waals surface area contributed by atoms with Gasteiger partial charge in [-0.25, -0.2) is 0 Å². The number of fused-ring (bicyclic) bond motifs is 1. The van der Waals surface area contributed by atoms with Crippen molar-refractivity contribution in [3.05, 3.63) is 60.0 Å². The molecule has 0 aliphatic rings. The fourth-order valence-electron chi connectivity index (χ4n) is 2.27. The number of nitrogens with one attached hydrogen (secondary N) is 1. The van der Waals surface area contributed by atoms with E-state index in [0.29, 0.717) is 18.9 Å². The van der Waals surface area contributed by atoms with Gasteiger partial charge in [-0.15, -0.1) is 24.8 Å². The zero-order valence-corrected chi connectivity index (χ0v) is 15.3. The van der Waals surface area contributed by atoms with Crippen LogP contribution in [0.5, 0.6) is 5.75 Å². The molecular formula is C17H20Cl2N4O2. The van der Waals surface area contributed by atoms with Gasteiger partial charge in [-0.1, -0.05) is 5.16 Å². The van der Waals surface area contributed by atoms with Crippen LogP contribution in [0.1, 0.15) is 11.3 Å². The highest BCUT2D eigenvalue weighted by molar-refractivity contribution is 6.13. The Morgan fingerprint density at radius 2 is 1.96 bits per heavy atom. The summed E-state index contributed by atoms with van der Waals surface area (Å²) in [6.45, 7) is 0.775. The quantitative estimate of drug-likeness (QED) is 0.389. The van der Waals surface area contributed by atoms with Gasteiger partial charge in [0.1, 0.15) is 18.1 Å². The van der Waals surface area contributed by atoms with Crippen molar-refractivity contribution in [1.82, 2.24) is 9.97 Å². The molecule has 0 amide bonds. The van der Waals surface area contributed by atoms with E-state index in [2.05, 4.69) is 15.1 Å². The lowest BCUT2D eigenvalue weighted by Gasteiger charge is -2.06. The van der Waals surface area contributed by atoms with Gasteiger partial charge in [0, 0.05) is 23.7 Å². The molecule has 0 aliphatic carbocycles. The van der Waals surface area contributed by atoms with Crippen LogP contribution in [0, 0.1) is 0 Å². The number of pyridine rings is 1. The number of H-pyrrole nitrogens is 1. The van der Waals surface area contributed by atoms with E-state index in [1.54, 1.807) is 19.5 Å². The molecule has 0 saturated heterocycles. The van der Waals surface area contributed by atoms with Crippen molar-refractivity contribution in [2.75, 3.05) is 20.3 Å². The van der Waals surface area contributed by atoms with Crippen LogP contribution in [-0.2, 0) is 4.84 Å². The summed E-state index contributed by atoms with van der Waals surface area (Å²) < 4.78 is 5.20. The van der Waals surface area contributed by atoms with Gasteiger partial charge in [-0.2, -0.15) is 0 Å². The molecule has 0 radical (unpaired) electrons. The molecular weight excluding hydrogens is 363 g/mol. The first-order valence-corrected chi connectivity index (χ1v) is 7.29. The average Bonchev–Trinajstić information content (AvgIpc) is 3.02. The number of hydrogen-bond donors (Lipinski definition) is 2. The van der Waals surface area contributed by atoms with Gasteiger partial charge in [0.2, 0.25) is 0 Å². The van der Waals surface area contributed by atoms with Crippen molar-refractivity contribution in [2.45, 2.75) is 0 Å². The minimum Gasteiger partial charge on any atom is -0.497 e. The Morgan fingerprint density at radius 3 is 2.60 bits per heavy atom. The Hall–Kier alpha value is -2.28. The van der Waals surface area contributed by atoms with Crippen molar-refractivity contribution < 1.29 is 9.57 Å². The molecule has 3 aromatic rings. The van der Waals surface area contributed by atoms with Gasteiger partial charge in [-0.05, 0) is 36.4 Å². The van der Waals surface area contributed by atoms with Gasteiger partial charge in [0.25, 0.3) is 0 Å². The lowest BCUT2D eigenvalue weighted by molar-refractivity contribution is 0.152. The molecule has 0 saturated carbocycles. The van der Waals surface area contributed by atoms with E-state index in [0.717, 1.165) is 27.9 Å². The lowest BCUT2D eigenvalue weighted by Crippen LogP contribution is -2.09. The molecule has 3 rings (SSSR count). The molecule has 3 N–H and O–H groups in total. The Balaban J connectivity index is 0.00000156. The number of nitrogens with zero attached hydrogens (tertiary/aromatic N) is 2. The zero-order valence-electron chi connectivity index (χ0n) is 13.6. The molecule has 0 unspecified atom stereocenters. The Bertz CT molecular complexity index is 786. The molecule has 134 valence electrons. The fraction of sp³-hybridized carbons (Fsp3) is 0.176. The average molecular weight is 383 g/mol. The van der Waals surface area contributed by atoms with Gasteiger partial charge in [-0.3, -0.25) is 4.98 Å². The first kappa shape index (κ1) is 20.8. The molecule has 6 nitrogen and oxygen atoms in total. The summed E-state index contributed by atoms with van der Waals surface area (Å²) in [4.78, 5) is 12.7. The second-order valence-electron chi connectivity index (χ2n) is 4.94. The SMILES string of the molecule is COc1ccc(/C(=N/OCCN)c2cc3ccncc3[nH]2)cc1.Cl.Cl. The van der Waals surface area contributed by atoms with Crippen molar-refractivity contribution >= 4 is 41.4 Å². The van der Waals surface area contributed by atoms with Crippen LogP contribution < -0.4 is 10.5 Å². The predicted octanol–water partition coefficient (Wildman–Crippen LogP) is 3.14. The third-order valence-corrected chi connectivity index (χ3v) is 3.41. The number of hydrogen-bond acceptors (Lipinski definition) is 5. The third-order valence-electron chi connectivity index (χ3n) is 3.41. The van der Waals surface area contributed by atoms with Crippen LogP contribution in [0.15, 0.2) is 53.9 Å². The van der Waals surface area contributed by atoms with Gasteiger partial charge in [0.15, 0.2) is 0 Å². The van der Waals surface area contributed by atoms with E-state index in [4.69, 9.17) is 15.3 Å². The van der Waals surface area contributed by atoms with Crippen molar-refractivity contribution in [1.29, 1.82) is 0 Å².